The van der Waals surface area contributed by atoms with Crippen molar-refractivity contribution in [2.24, 2.45) is 5.73 Å². The molecule has 0 aromatic carbocycles. The van der Waals surface area contributed by atoms with Gasteiger partial charge in [0.25, 0.3) is 0 Å². The van der Waals surface area contributed by atoms with Gasteiger partial charge in [-0.25, -0.2) is 4.98 Å². The topological polar surface area (TPSA) is 62.7 Å². The Morgan fingerprint density at radius 1 is 1.77 bits per heavy atom. The molecule has 0 spiro atoms. The van der Waals surface area contributed by atoms with Gasteiger partial charge in [-0.15, -0.1) is 0 Å². The maximum atomic E-state index is 13.0. The average molecular weight is 179 g/mol. The molecule has 2 N–H and O–H groups in total. The molecule has 0 aliphatic carbocycles. The third kappa shape index (κ3) is 2.23. The quantitative estimate of drug-likeness (QED) is 0.699. The molecule has 0 aliphatic heterocycles. The second kappa shape index (κ2) is 3.97. The number of hydrogen-bond donors (Lipinski definition) is 1. The second-order valence-corrected chi connectivity index (χ2v) is 2.86. The summed E-state index contributed by atoms with van der Waals surface area (Å²) in [5.41, 5.74) is 6.72. The number of aryl methyl sites for hydroxylation is 1. The van der Waals surface area contributed by atoms with E-state index in [1.807, 2.05) is 6.07 Å². The third-order valence-electron chi connectivity index (χ3n) is 1.71. The Labute approximate surface area is 76.0 Å². The molecular weight excluding hydrogens is 169 g/mol. The molecule has 1 atom stereocenters. The summed E-state index contributed by atoms with van der Waals surface area (Å²) in [7, 11) is 0. The summed E-state index contributed by atoms with van der Waals surface area (Å²) < 4.78 is 13.0. The number of hydrogen-bond acceptors (Lipinski definition) is 3. The van der Waals surface area contributed by atoms with E-state index in [-0.39, 0.29) is 6.42 Å². The van der Waals surface area contributed by atoms with Crippen LogP contribution in [-0.4, -0.2) is 4.98 Å². The fourth-order valence-electron chi connectivity index (χ4n) is 1.04. The van der Waals surface area contributed by atoms with Gasteiger partial charge in [0.15, 0.2) is 0 Å². The van der Waals surface area contributed by atoms with Crippen LogP contribution in [0.1, 0.15) is 23.6 Å². The summed E-state index contributed by atoms with van der Waals surface area (Å²) in [6.07, 6.45) is 1.53. The van der Waals surface area contributed by atoms with Gasteiger partial charge in [-0.05, 0) is 18.6 Å². The lowest BCUT2D eigenvalue weighted by Gasteiger charge is -2.08. The number of pyridine rings is 1. The molecule has 4 heteroatoms. The number of nitrogens with zero attached hydrogens (tertiary/aromatic N) is 2. The number of aromatic nitrogens is 1. The zero-order chi connectivity index (χ0) is 9.84. The van der Waals surface area contributed by atoms with Crippen LogP contribution in [0.5, 0.6) is 0 Å². The van der Waals surface area contributed by atoms with Crippen LogP contribution in [0.25, 0.3) is 0 Å². The van der Waals surface area contributed by atoms with Crippen molar-refractivity contribution in [3.05, 3.63) is 29.3 Å². The van der Waals surface area contributed by atoms with Crippen molar-refractivity contribution >= 4 is 0 Å². The summed E-state index contributed by atoms with van der Waals surface area (Å²) in [5.74, 6) is -0.589. The van der Waals surface area contributed by atoms with E-state index in [0.29, 0.717) is 5.56 Å². The zero-order valence-electron chi connectivity index (χ0n) is 7.29. The molecule has 13 heavy (non-hydrogen) atoms. The van der Waals surface area contributed by atoms with E-state index in [2.05, 4.69) is 4.98 Å². The molecular formula is C9H10FN3. The summed E-state index contributed by atoms with van der Waals surface area (Å²) in [6, 6.07) is 2.92. The van der Waals surface area contributed by atoms with Crippen LogP contribution in [0.3, 0.4) is 0 Å². The minimum atomic E-state index is -0.589. The van der Waals surface area contributed by atoms with E-state index in [1.165, 1.54) is 6.20 Å². The SMILES string of the molecule is Cc1cnc(F)c([C@@H](N)CC#N)c1. The van der Waals surface area contributed by atoms with Crippen LogP contribution in [-0.2, 0) is 0 Å². The standard InChI is InChI=1S/C9H10FN3/c1-6-4-7(8(12)2-3-11)9(10)13-5-6/h4-5,8H,2,12H2,1H3/t8-/m0/s1. The molecule has 0 bridgehead atoms. The van der Waals surface area contributed by atoms with Gasteiger partial charge in [-0.2, -0.15) is 9.65 Å². The maximum absolute atomic E-state index is 13.0. The van der Waals surface area contributed by atoms with E-state index < -0.39 is 12.0 Å². The minimum absolute atomic E-state index is 0.0993. The van der Waals surface area contributed by atoms with Crippen LogP contribution in [0.2, 0.25) is 0 Å². The molecule has 0 radical (unpaired) electrons. The summed E-state index contributed by atoms with van der Waals surface area (Å²) in [6.45, 7) is 1.80. The van der Waals surface area contributed by atoms with E-state index in [0.717, 1.165) is 5.56 Å². The highest BCUT2D eigenvalue weighted by Gasteiger charge is 2.11. The molecule has 1 rings (SSSR count). The normalized spacial score (nSPS) is 12.2. The van der Waals surface area contributed by atoms with Crippen LogP contribution in [0.4, 0.5) is 4.39 Å². The lowest BCUT2D eigenvalue weighted by Crippen LogP contribution is -2.12. The molecule has 1 aromatic heterocycles. The van der Waals surface area contributed by atoms with Crippen LogP contribution < -0.4 is 5.73 Å². The second-order valence-electron chi connectivity index (χ2n) is 2.86. The Balaban J connectivity index is 3.00. The maximum Gasteiger partial charge on any atom is 0.217 e. The first-order valence-corrected chi connectivity index (χ1v) is 3.89. The number of halogens is 1. The lowest BCUT2D eigenvalue weighted by atomic mass is 10.1. The van der Waals surface area contributed by atoms with E-state index >= 15 is 0 Å². The Bertz CT molecular complexity index is 343. The van der Waals surface area contributed by atoms with Crippen LogP contribution in [0.15, 0.2) is 12.3 Å². The number of nitrogens with two attached hydrogens (primary N) is 1. The first-order chi connectivity index (χ1) is 6.15. The van der Waals surface area contributed by atoms with Gasteiger partial charge in [0.05, 0.1) is 12.5 Å². The van der Waals surface area contributed by atoms with Gasteiger partial charge in [0, 0.05) is 17.8 Å². The minimum Gasteiger partial charge on any atom is -0.323 e. The first kappa shape index (κ1) is 9.62. The lowest BCUT2D eigenvalue weighted by molar-refractivity contribution is 0.545. The van der Waals surface area contributed by atoms with Crippen molar-refractivity contribution in [3.63, 3.8) is 0 Å². The van der Waals surface area contributed by atoms with E-state index in [4.69, 9.17) is 11.0 Å². The third-order valence-corrected chi connectivity index (χ3v) is 1.71. The number of rotatable bonds is 2. The predicted molar refractivity (Wildman–Crippen MR) is 46.1 cm³/mol. The van der Waals surface area contributed by atoms with Gasteiger partial charge < -0.3 is 5.73 Å². The van der Waals surface area contributed by atoms with Crippen molar-refractivity contribution in [1.29, 1.82) is 5.26 Å². The molecule has 0 saturated heterocycles. The molecule has 0 unspecified atom stereocenters. The highest BCUT2D eigenvalue weighted by Crippen LogP contribution is 2.16. The molecule has 1 heterocycles. The van der Waals surface area contributed by atoms with Crippen molar-refractivity contribution in [2.75, 3.05) is 0 Å². The Morgan fingerprint density at radius 3 is 3.08 bits per heavy atom. The summed E-state index contributed by atoms with van der Waals surface area (Å²) in [4.78, 5) is 3.53. The summed E-state index contributed by atoms with van der Waals surface area (Å²) in [5, 5.41) is 8.39. The van der Waals surface area contributed by atoms with Crippen molar-refractivity contribution in [2.45, 2.75) is 19.4 Å². The smallest absolute Gasteiger partial charge is 0.217 e. The fourth-order valence-corrected chi connectivity index (χ4v) is 1.04. The Morgan fingerprint density at radius 2 is 2.46 bits per heavy atom. The van der Waals surface area contributed by atoms with Crippen LogP contribution >= 0.6 is 0 Å². The molecule has 0 aliphatic rings. The molecule has 3 nitrogen and oxygen atoms in total. The van der Waals surface area contributed by atoms with Crippen molar-refractivity contribution in [1.82, 2.24) is 4.98 Å². The highest BCUT2D eigenvalue weighted by atomic mass is 19.1. The van der Waals surface area contributed by atoms with Gasteiger partial charge >= 0.3 is 0 Å². The molecule has 0 saturated carbocycles. The zero-order valence-corrected chi connectivity index (χ0v) is 7.29. The number of nitriles is 1. The van der Waals surface area contributed by atoms with E-state index in [9.17, 15) is 4.39 Å². The van der Waals surface area contributed by atoms with Crippen molar-refractivity contribution < 1.29 is 4.39 Å². The predicted octanol–water partition coefficient (Wildman–Crippen LogP) is 1.44. The monoisotopic (exact) mass is 179 g/mol. The molecule has 68 valence electrons. The molecule has 0 fully saturated rings. The van der Waals surface area contributed by atoms with Crippen molar-refractivity contribution in [3.8, 4) is 6.07 Å². The first-order valence-electron chi connectivity index (χ1n) is 3.89. The largest absolute Gasteiger partial charge is 0.323 e. The average Bonchev–Trinajstić information content (AvgIpc) is 2.09. The molecule has 0 amide bonds. The Hall–Kier alpha value is -1.47. The highest BCUT2D eigenvalue weighted by molar-refractivity contribution is 5.22. The van der Waals surface area contributed by atoms with Gasteiger partial charge in [-0.1, -0.05) is 0 Å². The van der Waals surface area contributed by atoms with Crippen LogP contribution in [0, 0.1) is 24.2 Å². The Kier molecular flexibility index (Phi) is 2.93. The van der Waals surface area contributed by atoms with Gasteiger partial charge in [-0.3, -0.25) is 0 Å². The van der Waals surface area contributed by atoms with E-state index in [1.54, 1.807) is 13.0 Å². The van der Waals surface area contributed by atoms with Gasteiger partial charge in [0.1, 0.15) is 0 Å². The molecule has 1 aromatic rings. The summed E-state index contributed by atoms with van der Waals surface area (Å²) >= 11 is 0. The van der Waals surface area contributed by atoms with Gasteiger partial charge in [0.2, 0.25) is 5.95 Å². The fraction of sp³-hybridized carbons (Fsp3) is 0.333.